The number of hydrogen-bond donors (Lipinski definition) is 1. The summed E-state index contributed by atoms with van der Waals surface area (Å²) in [6, 6.07) is 9.24. The summed E-state index contributed by atoms with van der Waals surface area (Å²) in [6.07, 6.45) is 0.960. The van der Waals surface area contributed by atoms with E-state index >= 15 is 0 Å². The summed E-state index contributed by atoms with van der Waals surface area (Å²) >= 11 is 6.21. The van der Waals surface area contributed by atoms with E-state index in [0.29, 0.717) is 35.2 Å². The molecule has 1 aliphatic heterocycles. The summed E-state index contributed by atoms with van der Waals surface area (Å²) < 4.78 is 0. The number of benzene rings is 1. The van der Waals surface area contributed by atoms with Gasteiger partial charge in [-0.1, -0.05) is 43.6 Å². The fourth-order valence-corrected chi connectivity index (χ4v) is 5.11. The number of halogens is 1. The van der Waals surface area contributed by atoms with E-state index in [1.54, 1.807) is 12.1 Å². The van der Waals surface area contributed by atoms with Crippen molar-refractivity contribution >= 4 is 28.4 Å². The smallest absolute Gasteiger partial charge is 0.272 e. The van der Waals surface area contributed by atoms with E-state index in [4.69, 9.17) is 11.6 Å². The van der Waals surface area contributed by atoms with Gasteiger partial charge in [-0.15, -0.1) is 0 Å². The van der Waals surface area contributed by atoms with Crippen LogP contribution < -0.4 is 0 Å². The van der Waals surface area contributed by atoms with Gasteiger partial charge in [0.2, 0.25) is 0 Å². The van der Waals surface area contributed by atoms with Gasteiger partial charge in [0.05, 0.1) is 17.1 Å². The standard InChI is InChI=1S/C19H21ClN2O2/c1-18(2)9-19(11-23)10-22(8-15(18)19)17(24)14-7-6-12-4-3-5-13(20)16(12)21-14/h3-7,15,23H,8-11H2,1-2H3/t15-,19-/m1/s1. The Bertz CT molecular complexity index is 835. The topological polar surface area (TPSA) is 53.4 Å². The molecule has 1 saturated carbocycles. The molecule has 24 heavy (non-hydrogen) atoms. The summed E-state index contributed by atoms with van der Waals surface area (Å²) in [4.78, 5) is 19.3. The number of nitrogens with zero attached hydrogens (tertiary/aromatic N) is 2. The van der Waals surface area contributed by atoms with Gasteiger partial charge in [-0.3, -0.25) is 4.79 Å². The van der Waals surface area contributed by atoms with E-state index in [1.807, 2.05) is 23.1 Å². The molecule has 4 rings (SSSR count). The largest absolute Gasteiger partial charge is 0.396 e. The van der Waals surface area contributed by atoms with Crippen LogP contribution in [0.15, 0.2) is 30.3 Å². The predicted octanol–water partition coefficient (Wildman–Crippen LogP) is 3.37. The Morgan fingerprint density at radius 3 is 2.83 bits per heavy atom. The third-order valence-corrected chi connectivity index (χ3v) is 6.20. The van der Waals surface area contributed by atoms with Crippen molar-refractivity contribution in [1.29, 1.82) is 0 Å². The maximum absolute atomic E-state index is 12.9. The van der Waals surface area contributed by atoms with E-state index in [9.17, 15) is 9.90 Å². The molecule has 2 atom stereocenters. The number of aromatic nitrogens is 1. The quantitative estimate of drug-likeness (QED) is 0.908. The number of pyridine rings is 1. The molecule has 0 spiro atoms. The minimum Gasteiger partial charge on any atom is -0.396 e. The Balaban J connectivity index is 1.64. The fourth-order valence-electron chi connectivity index (χ4n) is 4.89. The van der Waals surface area contributed by atoms with Gasteiger partial charge >= 0.3 is 0 Å². The van der Waals surface area contributed by atoms with Crippen molar-refractivity contribution in [1.82, 2.24) is 9.88 Å². The Labute approximate surface area is 146 Å². The molecule has 1 N–H and O–H groups in total. The maximum Gasteiger partial charge on any atom is 0.272 e. The van der Waals surface area contributed by atoms with E-state index in [2.05, 4.69) is 18.8 Å². The summed E-state index contributed by atoms with van der Waals surface area (Å²) in [7, 11) is 0. The normalized spacial score (nSPS) is 27.8. The molecule has 126 valence electrons. The molecule has 2 aliphatic rings. The molecular formula is C19H21ClN2O2. The van der Waals surface area contributed by atoms with Crippen molar-refractivity contribution < 1.29 is 9.90 Å². The lowest BCUT2D eigenvalue weighted by Gasteiger charge is -2.55. The lowest BCUT2D eigenvalue weighted by atomic mass is 9.48. The zero-order chi connectivity index (χ0) is 17.1. The molecule has 5 heteroatoms. The number of hydrogen-bond acceptors (Lipinski definition) is 3. The van der Waals surface area contributed by atoms with Gasteiger partial charge in [-0.25, -0.2) is 4.98 Å². The van der Waals surface area contributed by atoms with Gasteiger partial charge in [0.25, 0.3) is 5.91 Å². The summed E-state index contributed by atoms with van der Waals surface area (Å²) in [5.74, 6) is 0.276. The zero-order valence-corrected chi connectivity index (χ0v) is 14.7. The van der Waals surface area contributed by atoms with E-state index in [-0.39, 0.29) is 23.3 Å². The van der Waals surface area contributed by atoms with Crippen molar-refractivity contribution in [3.8, 4) is 0 Å². The number of aliphatic hydroxyl groups is 1. The highest BCUT2D eigenvalue weighted by atomic mass is 35.5. The van der Waals surface area contributed by atoms with Crippen LogP contribution in [0.25, 0.3) is 10.9 Å². The summed E-state index contributed by atoms with van der Waals surface area (Å²) in [5, 5.41) is 11.3. The monoisotopic (exact) mass is 344 g/mol. The lowest BCUT2D eigenvalue weighted by Crippen LogP contribution is -2.54. The number of aliphatic hydroxyl groups excluding tert-OH is 1. The van der Waals surface area contributed by atoms with Crippen LogP contribution in [-0.4, -0.2) is 40.6 Å². The number of likely N-dealkylation sites (tertiary alicyclic amines) is 1. The van der Waals surface area contributed by atoms with Gasteiger partial charge in [-0.2, -0.15) is 0 Å². The Hall–Kier alpha value is -1.65. The Morgan fingerprint density at radius 1 is 1.38 bits per heavy atom. The molecule has 1 saturated heterocycles. The number of fused-ring (bicyclic) bond motifs is 2. The van der Waals surface area contributed by atoms with Crippen LogP contribution >= 0.6 is 11.6 Å². The number of para-hydroxylation sites is 1. The van der Waals surface area contributed by atoms with Gasteiger partial charge in [0, 0.05) is 23.9 Å². The van der Waals surface area contributed by atoms with Gasteiger partial charge in [0.1, 0.15) is 5.69 Å². The van der Waals surface area contributed by atoms with Crippen LogP contribution in [0.3, 0.4) is 0 Å². The Kier molecular flexibility index (Phi) is 3.42. The van der Waals surface area contributed by atoms with Crippen LogP contribution in [0.2, 0.25) is 5.02 Å². The molecule has 2 aromatic rings. The number of carbonyl (C=O) groups is 1. The van der Waals surface area contributed by atoms with E-state index < -0.39 is 0 Å². The van der Waals surface area contributed by atoms with Crippen LogP contribution in [-0.2, 0) is 0 Å². The van der Waals surface area contributed by atoms with Crippen molar-refractivity contribution in [2.75, 3.05) is 19.7 Å². The van der Waals surface area contributed by atoms with E-state index in [1.165, 1.54) is 0 Å². The highest BCUT2D eigenvalue weighted by Gasteiger charge is 2.63. The summed E-state index contributed by atoms with van der Waals surface area (Å²) in [6.45, 7) is 5.87. The Morgan fingerprint density at radius 2 is 2.17 bits per heavy atom. The van der Waals surface area contributed by atoms with Crippen molar-refractivity contribution in [3.63, 3.8) is 0 Å². The fraction of sp³-hybridized carbons (Fsp3) is 0.474. The van der Waals surface area contributed by atoms with Gasteiger partial charge < -0.3 is 10.0 Å². The molecule has 1 aromatic carbocycles. The molecule has 0 radical (unpaired) electrons. The average Bonchev–Trinajstić information content (AvgIpc) is 2.90. The number of rotatable bonds is 2. The van der Waals surface area contributed by atoms with Crippen LogP contribution in [0.5, 0.6) is 0 Å². The van der Waals surface area contributed by atoms with E-state index in [0.717, 1.165) is 11.8 Å². The second kappa shape index (κ2) is 5.17. The molecule has 4 nitrogen and oxygen atoms in total. The first-order chi connectivity index (χ1) is 11.4. The highest BCUT2D eigenvalue weighted by molar-refractivity contribution is 6.35. The molecule has 2 heterocycles. The second-order valence-electron chi connectivity index (χ2n) is 7.93. The van der Waals surface area contributed by atoms with Gasteiger partial charge in [-0.05, 0) is 29.9 Å². The maximum atomic E-state index is 12.9. The van der Waals surface area contributed by atoms with Crippen LogP contribution in [0.4, 0.5) is 0 Å². The number of amides is 1. The third kappa shape index (κ3) is 2.16. The average molecular weight is 345 g/mol. The number of carbonyl (C=O) groups excluding carboxylic acids is 1. The first kappa shape index (κ1) is 15.9. The zero-order valence-electron chi connectivity index (χ0n) is 13.9. The van der Waals surface area contributed by atoms with Crippen molar-refractivity contribution in [2.45, 2.75) is 20.3 Å². The molecule has 1 aliphatic carbocycles. The van der Waals surface area contributed by atoms with Crippen LogP contribution in [0.1, 0.15) is 30.8 Å². The molecule has 1 amide bonds. The molecular weight excluding hydrogens is 324 g/mol. The molecule has 1 aromatic heterocycles. The van der Waals surface area contributed by atoms with Crippen molar-refractivity contribution in [3.05, 3.63) is 41.0 Å². The van der Waals surface area contributed by atoms with Crippen LogP contribution in [0, 0.1) is 16.7 Å². The first-order valence-corrected chi connectivity index (χ1v) is 8.70. The SMILES string of the molecule is CC1(C)C[C@]2(CO)CN(C(=O)c3ccc4cccc(Cl)c4n3)C[C@H]12. The molecule has 0 unspecified atom stereocenters. The predicted molar refractivity (Wildman–Crippen MR) is 94.1 cm³/mol. The summed E-state index contributed by atoms with van der Waals surface area (Å²) in [5.41, 5.74) is 1.12. The second-order valence-corrected chi connectivity index (χ2v) is 8.34. The third-order valence-electron chi connectivity index (χ3n) is 5.89. The first-order valence-electron chi connectivity index (χ1n) is 8.32. The molecule has 2 fully saturated rings. The molecule has 0 bridgehead atoms. The minimum absolute atomic E-state index is 0.0742. The lowest BCUT2D eigenvalue weighted by molar-refractivity contribution is -0.0977. The minimum atomic E-state index is -0.131. The van der Waals surface area contributed by atoms with Gasteiger partial charge in [0.15, 0.2) is 0 Å². The van der Waals surface area contributed by atoms with Crippen molar-refractivity contribution in [2.24, 2.45) is 16.7 Å². The highest BCUT2D eigenvalue weighted by Crippen LogP contribution is 2.62.